The maximum atomic E-state index is 12.6. The third kappa shape index (κ3) is 4.84. The van der Waals surface area contributed by atoms with Crippen molar-refractivity contribution in [2.45, 2.75) is 18.9 Å². The van der Waals surface area contributed by atoms with Crippen LogP contribution >= 0.6 is 11.6 Å². The fourth-order valence-electron chi connectivity index (χ4n) is 4.08. The van der Waals surface area contributed by atoms with E-state index in [0.29, 0.717) is 16.5 Å². The molecule has 33 heavy (non-hydrogen) atoms. The maximum absolute atomic E-state index is 12.6. The number of aromatic nitrogens is 3. The Morgan fingerprint density at radius 2 is 1.79 bits per heavy atom. The Bertz CT molecular complexity index is 1280. The summed E-state index contributed by atoms with van der Waals surface area (Å²) in [5.74, 6) is 0.445. The van der Waals surface area contributed by atoms with Crippen molar-refractivity contribution in [3.05, 3.63) is 77.3 Å². The van der Waals surface area contributed by atoms with E-state index in [0.717, 1.165) is 48.5 Å². The molecule has 0 aliphatic carbocycles. The number of fused-ring (bicyclic) bond motifs is 1. The third-order valence-electron chi connectivity index (χ3n) is 5.94. The summed E-state index contributed by atoms with van der Waals surface area (Å²) in [5.41, 5.74) is 4.04. The number of benzene rings is 2. The molecular formula is C25H25ClN6O. The summed E-state index contributed by atoms with van der Waals surface area (Å²) in [6.45, 7) is 2.03. The monoisotopic (exact) mass is 460 g/mol. The minimum atomic E-state index is -0.0341. The number of halogens is 1. The van der Waals surface area contributed by atoms with Crippen molar-refractivity contribution in [1.29, 1.82) is 0 Å². The molecule has 2 aromatic heterocycles. The highest BCUT2D eigenvalue weighted by Crippen LogP contribution is 2.24. The molecule has 0 bridgehead atoms. The summed E-state index contributed by atoms with van der Waals surface area (Å²) < 4.78 is 1.79. The zero-order valence-electron chi connectivity index (χ0n) is 18.3. The highest BCUT2D eigenvalue weighted by Gasteiger charge is 2.19. The van der Waals surface area contributed by atoms with Crippen LogP contribution in [0.1, 0.15) is 23.2 Å². The van der Waals surface area contributed by atoms with E-state index in [1.807, 2.05) is 66.7 Å². The molecule has 7 nitrogen and oxygen atoms in total. The first-order valence-electron chi connectivity index (χ1n) is 11.0. The first-order chi connectivity index (χ1) is 16.0. The van der Waals surface area contributed by atoms with Crippen LogP contribution in [-0.2, 0) is 0 Å². The number of pyridine rings is 1. The quantitative estimate of drug-likeness (QED) is 0.454. The summed E-state index contributed by atoms with van der Waals surface area (Å²) in [5, 5.41) is 11.7. The number of rotatable bonds is 5. The number of likely N-dealkylation sites (tertiary alicyclic amines) is 1. The van der Waals surface area contributed by atoms with Gasteiger partial charge in [0.15, 0.2) is 5.65 Å². The van der Waals surface area contributed by atoms with E-state index >= 15 is 0 Å². The van der Waals surface area contributed by atoms with Gasteiger partial charge in [0.25, 0.3) is 5.91 Å². The second kappa shape index (κ2) is 9.21. The van der Waals surface area contributed by atoms with Crippen LogP contribution in [0.3, 0.4) is 0 Å². The van der Waals surface area contributed by atoms with Crippen LogP contribution < -0.4 is 10.6 Å². The first kappa shape index (κ1) is 21.4. The number of nitrogens with one attached hydrogen (secondary N) is 2. The van der Waals surface area contributed by atoms with E-state index in [9.17, 15) is 4.79 Å². The smallest absolute Gasteiger partial charge is 0.251 e. The molecule has 3 heterocycles. The summed E-state index contributed by atoms with van der Waals surface area (Å²) in [4.78, 5) is 19.5. The van der Waals surface area contributed by atoms with Crippen LogP contribution in [0.5, 0.6) is 0 Å². The van der Waals surface area contributed by atoms with Gasteiger partial charge in [0.1, 0.15) is 0 Å². The lowest BCUT2D eigenvalue weighted by molar-refractivity contribution is 0.0917. The highest BCUT2D eigenvalue weighted by atomic mass is 35.5. The van der Waals surface area contributed by atoms with Crippen molar-refractivity contribution in [2.75, 3.05) is 25.5 Å². The lowest BCUT2D eigenvalue weighted by Gasteiger charge is -2.29. The topological polar surface area (TPSA) is 74.6 Å². The Balaban J connectivity index is 1.30. The Morgan fingerprint density at radius 3 is 2.55 bits per heavy atom. The molecule has 0 spiro atoms. The number of piperidine rings is 1. The number of hydrogen-bond donors (Lipinski definition) is 2. The van der Waals surface area contributed by atoms with Crippen molar-refractivity contribution < 1.29 is 4.79 Å². The van der Waals surface area contributed by atoms with Crippen LogP contribution in [0.4, 0.5) is 11.6 Å². The zero-order chi connectivity index (χ0) is 22.8. The van der Waals surface area contributed by atoms with Gasteiger partial charge in [-0.1, -0.05) is 29.8 Å². The van der Waals surface area contributed by atoms with Gasteiger partial charge in [-0.15, -0.1) is 5.10 Å². The Hall–Kier alpha value is -3.42. The third-order valence-corrected chi connectivity index (χ3v) is 6.17. The highest BCUT2D eigenvalue weighted by molar-refractivity contribution is 6.30. The molecule has 1 aliphatic rings. The average molecular weight is 461 g/mol. The van der Waals surface area contributed by atoms with Gasteiger partial charge in [-0.05, 0) is 81.5 Å². The minimum absolute atomic E-state index is 0.0341. The number of anilines is 2. The molecule has 2 aromatic carbocycles. The predicted octanol–water partition coefficient (Wildman–Crippen LogP) is 4.62. The van der Waals surface area contributed by atoms with Gasteiger partial charge < -0.3 is 15.5 Å². The van der Waals surface area contributed by atoms with Gasteiger partial charge >= 0.3 is 0 Å². The molecule has 1 saturated heterocycles. The standard InChI is InChI=1S/C25H25ClN6O/c1-31-14-12-21(13-15-31)27-24(33)17-8-10-20(11-9-17)28-25-29-23-7-3-6-22(32(23)30-25)18-4-2-5-19(26)16-18/h2-11,16,21H,12-15H2,1H3,(H,27,33)(H,28,30). The number of nitrogens with zero attached hydrogens (tertiary/aromatic N) is 4. The van der Waals surface area contributed by atoms with Gasteiger partial charge in [0.05, 0.1) is 5.69 Å². The molecule has 1 aliphatic heterocycles. The number of hydrogen-bond acceptors (Lipinski definition) is 5. The summed E-state index contributed by atoms with van der Waals surface area (Å²) in [6, 6.07) is 21.1. The van der Waals surface area contributed by atoms with Gasteiger partial charge in [-0.2, -0.15) is 4.98 Å². The second-order valence-corrected chi connectivity index (χ2v) is 8.82. The van der Waals surface area contributed by atoms with Gasteiger partial charge in [-0.25, -0.2) is 4.52 Å². The molecule has 1 fully saturated rings. The van der Waals surface area contributed by atoms with Gasteiger partial charge in [0, 0.05) is 27.9 Å². The van der Waals surface area contributed by atoms with E-state index in [-0.39, 0.29) is 11.9 Å². The molecule has 8 heteroatoms. The fourth-order valence-corrected chi connectivity index (χ4v) is 4.27. The zero-order valence-corrected chi connectivity index (χ0v) is 19.1. The normalized spacial score (nSPS) is 15.0. The van der Waals surface area contributed by atoms with Crippen molar-refractivity contribution in [2.24, 2.45) is 0 Å². The molecule has 0 unspecified atom stereocenters. The van der Waals surface area contributed by atoms with E-state index in [1.165, 1.54) is 0 Å². The Labute approximate surface area is 197 Å². The molecule has 0 atom stereocenters. The molecule has 2 N–H and O–H groups in total. The minimum Gasteiger partial charge on any atom is -0.349 e. The molecule has 168 valence electrons. The van der Waals surface area contributed by atoms with Gasteiger partial charge in [0.2, 0.25) is 5.95 Å². The van der Waals surface area contributed by atoms with Gasteiger partial charge in [-0.3, -0.25) is 4.79 Å². The predicted molar refractivity (Wildman–Crippen MR) is 131 cm³/mol. The molecular weight excluding hydrogens is 436 g/mol. The second-order valence-electron chi connectivity index (χ2n) is 8.38. The molecule has 0 radical (unpaired) electrons. The lowest BCUT2D eigenvalue weighted by Crippen LogP contribution is -2.43. The van der Waals surface area contributed by atoms with E-state index < -0.39 is 0 Å². The molecule has 4 aromatic rings. The summed E-state index contributed by atoms with van der Waals surface area (Å²) in [7, 11) is 2.11. The van der Waals surface area contributed by atoms with Crippen LogP contribution in [-0.4, -0.2) is 51.6 Å². The number of amides is 1. The van der Waals surface area contributed by atoms with Crippen LogP contribution in [0, 0.1) is 0 Å². The molecule has 0 saturated carbocycles. The van der Waals surface area contributed by atoms with Crippen molar-refractivity contribution in [1.82, 2.24) is 24.8 Å². The SMILES string of the molecule is CN1CCC(NC(=O)c2ccc(Nc3nc4cccc(-c5cccc(Cl)c5)n4n3)cc2)CC1. The van der Waals surface area contributed by atoms with Crippen molar-refractivity contribution in [3.63, 3.8) is 0 Å². The van der Waals surface area contributed by atoms with E-state index in [4.69, 9.17) is 11.6 Å². The average Bonchev–Trinajstić information content (AvgIpc) is 3.23. The van der Waals surface area contributed by atoms with Crippen molar-refractivity contribution >= 4 is 34.8 Å². The Morgan fingerprint density at radius 1 is 1.03 bits per heavy atom. The summed E-state index contributed by atoms with van der Waals surface area (Å²) >= 11 is 6.17. The van der Waals surface area contributed by atoms with Crippen LogP contribution in [0.15, 0.2) is 66.7 Å². The van der Waals surface area contributed by atoms with Crippen LogP contribution in [0.2, 0.25) is 5.02 Å². The first-order valence-corrected chi connectivity index (χ1v) is 11.4. The maximum Gasteiger partial charge on any atom is 0.251 e. The van der Waals surface area contributed by atoms with E-state index in [1.54, 1.807) is 4.52 Å². The molecule has 1 amide bonds. The van der Waals surface area contributed by atoms with Crippen molar-refractivity contribution in [3.8, 4) is 11.3 Å². The number of carbonyl (C=O) groups excluding carboxylic acids is 1. The number of carbonyl (C=O) groups is 1. The Kier molecular flexibility index (Phi) is 5.98. The fraction of sp³-hybridized carbons (Fsp3) is 0.240. The lowest BCUT2D eigenvalue weighted by atomic mass is 10.0. The van der Waals surface area contributed by atoms with E-state index in [2.05, 4.69) is 32.7 Å². The molecule has 5 rings (SSSR count). The van der Waals surface area contributed by atoms with Crippen LogP contribution in [0.25, 0.3) is 16.9 Å². The summed E-state index contributed by atoms with van der Waals surface area (Å²) in [6.07, 6.45) is 1.97. The largest absolute Gasteiger partial charge is 0.349 e.